The molecule has 0 saturated heterocycles. The third kappa shape index (κ3) is 3.31. The first kappa shape index (κ1) is 18.0. The zero-order valence-corrected chi connectivity index (χ0v) is 14.8. The number of para-hydroxylation sites is 1. The van der Waals surface area contributed by atoms with Crippen molar-refractivity contribution in [1.29, 1.82) is 0 Å². The van der Waals surface area contributed by atoms with Crippen LogP contribution in [0.4, 0.5) is 30.2 Å². The highest BCUT2D eigenvalue weighted by atomic mass is 19.2. The lowest BCUT2D eigenvalue weighted by Crippen LogP contribution is -2.25. The number of nitrogens with one attached hydrogen (secondary N) is 1. The summed E-state index contributed by atoms with van der Waals surface area (Å²) < 4.78 is 40.2. The lowest BCUT2D eigenvalue weighted by molar-refractivity contribution is 0.102. The average Bonchev–Trinajstić information content (AvgIpc) is 2.74. The van der Waals surface area contributed by atoms with E-state index in [1.165, 1.54) is 11.8 Å². The van der Waals surface area contributed by atoms with Crippen LogP contribution in [0.25, 0.3) is 0 Å². The second kappa shape index (κ2) is 7.34. The van der Waals surface area contributed by atoms with Gasteiger partial charge >= 0.3 is 0 Å². The first-order valence-corrected chi connectivity index (χ1v) is 8.80. The van der Waals surface area contributed by atoms with Crippen LogP contribution in [0.2, 0.25) is 0 Å². The molecule has 0 spiro atoms. The summed E-state index contributed by atoms with van der Waals surface area (Å²) in [7, 11) is 0. The molecular formula is C21H16F3N3O. The van der Waals surface area contributed by atoms with E-state index in [-0.39, 0.29) is 5.56 Å². The molecule has 0 atom stereocenters. The highest BCUT2D eigenvalue weighted by Crippen LogP contribution is 2.33. The monoisotopic (exact) mass is 383 g/mol. The number of carbonyl (C=O) groups excluding carboxylic acids is 1. The Kier molecular flexibility index (Phi) is 4.73. The van der Waals surface area contributed by atoms with E-state index in [2.05, 4.69) is 21.3 Å². The van der Waals surface area contributed by atoms with Crippen LogP contribution in [-0.4, -0.2) is 17.4 Å². The molecule has 1 N–H and O–H groups in total. The number of pyridine rings is 1. The number of fused-ring (bicyclic) bond motifs is 1. The summed E-state index contributed by atoms with van der Waals surface area (Å²) in [5, 5.41) is 2.26. The molecule has 1 aromatic heterocycles. The normalized spacial score (nSPS) is 13.2. The molecule has 7 heteroatoms. The molecule has 0 radical (unpaired) electrons. The molecule has 0 bridgehead atoms. The lowest BCUT2D eigenvalue weighted by atomic mass is 10.0. The average molecular weight is 383 g/mol. The van der Waals surface area contributed by atoms with Crippen molar-refractivity contribution < 1.29 is 18.0 Å². The minimum absolute atomic E-state index is 0.185. The number of hydrogen-bond donors (Lipinski definition) is 1. The molecular weight excluding hydrogens is 367 g/mol. The van der Waals surface area contributed by atoms with Gasteiger partial charge in [0.1, 0.15) is 0 Å². The third-order valence-electron chi connectivity index (χ3n) is 4.69. The fraction of sp³-hybridized carbons (Fsp3) is 0.143. The van der Waals surface area contributed by atoms with Gasteiger partial charge in [-0.25, -0.2) is 13.2 Å². The fourth-order valence-electron chi connectivity index (χ4n) is 3.32. The number of aryl methyl sites for hydroxylation is 1. The zero-order valence-electron chi connectivity index (χ0n) is 14.8. The Bertz CT molecular complexity index is 1050. The summed E-state index contributed by atoms with van der Waals surface area (Å²) in [6.07, 6.45) is 4.94. The first-order valence-electron chi connectivity index (χ1n) is 8.80. The van der Waals surface area contributed by atoms with Gasteiger partial charge in [-0.3, -0.25) is 9.78 Å². The van der Waals surface area contributed by atoms with Crippen LogP contribution >= 0.6 is 0 Å². The number of nitrogens with zero attached hydrogens (tertiary/aromatic N) is 2. The molecule has 142 valence electrons. The summed E-state index contributed by atoms with van der Waals surface area (Å²) in [6.45, 7) is 0.779. The van der Waals surface area contributed by atoms with E-state index < -0.39 is 29.0 Å². The number of anilines is 3. The molecule has 1 aliphatic rings. The number of amides is 1. The standard InChI is InChI=1S/C21H16F3N3O/c22-16-7-8-17(20(24)19(16)23)26-21(28)14-10-15(12-25-11-14)27-9-3-5-13-4-1-2-6-18(13)27/h1-2,4,6-8,10-12H,3,5,9H2,(H,26,28). The van der Waals surface area contributed by atoms with E-state index in [9.17, 15) is 18.0 Å². The summed E-state index contributed by atoms with van der Waals surface area (Å²) in [4.78, 5) is 18.7. The Hall–Kier alpha value is -3.35. The van der Waals surface area contributed by atoms with Gasteiger partial charge < -0.3 is 10.2 Å². The topological polar surface area (TPSA) is 45.2 Å². The quantitative estimate of drug-likeness (QED) is 0.659. The van der Waals surface area contributed by atoms with Crippen LogP contribution in [0.15, 0.2) is 54.9 Å². The van der Waals surface area contributed by atoms with Crippen molar-refractivity contribution in [2.75, 3.05) is 16.8 Å². The van der Waals surface area contributed by atoms with Gasteiger partial charge in [-0.15, -0.1) is 0 Å². The molecule has 0 saturated carbocycles. The largest absolute Gasteiger partial charge is 0.340 e. The molecule has 1 amide bonds. The minimum atomic E-state index is -1.63. The predicted octanol–water partition coefficient (Wildman–Crippen LogP) is 4.84. The minimum Gasteiger partial charge on any atom is -0.340 e. The Morgan fingerprint density at radius 3 is 2.71 bits per heavy atom. The molecule has 2 heterocycles. The highest BCUT2D eigenvalue weighted by Gasteiger charge is 2.20. The van der Waals surface area contributed by atoms with Gasteiger partial charge in [-0.05, 0) is 42.7 Å². The van der Waals surface area contributed by atoms with E-state index in [1.54, 1.807) is 12.3 Å². The second-order valence-electron chi connectivity index (χ2n) is 6.49. The van der Waals surface area contributed by atoms with Crippen molar-refractivity contribution in [2.24, 2.45) is 0 Å². The number of rotatable bonds is 3. The molecule has 1 aliphatic heterocycles. The molecule has 28 heavy (non-hydrogen) atoms. The fourth-order valence-corrected chi connectivity index (χ4v) is 3.32. The number of hydrogen-bond acceptors (Lipinski definition) is 3. The van der Waals surface area contributed by atoms with Crippen molar-refractivity contribution in [2.45, 2.75) is 12.8 Å². The van der Waals surface area contributed by atoms with Crippen LogP contribution in [0.5, 0.6) is 0 Å². The van der Waals surface area contributed by atoms with E-state index in [0.717, 1.165) is 42.9 Å². The van der Waals surface area contributed by atoms with Crippen molar-refractivity contribution >= 4 is 23.0 Å². The van der Waals surface area contributed by atoms with Gasteiger partial charge in [0.25, 0.3) is 5.91 Å². The maximum absolute atomic E-state index is 13.8. The Labute approximate surface area is 159 Å². The van der Waals surface area contributed by atoms with Crippen LogP contribution in [0.3, 0.4) is 0 Å². The van der Waals surface area contributed by atoms with Crippen molar-refractivity contribution in [3.05, 3.63) is 83.4 Å². The van der Waals surface area contributed by atoms with Gasteiger partial charge in [0.05, 0.1) is 23.1 Å². The molecule has 2 aromatic carbocycles. The van der Waals surface area contributed by atoms with Crippen molar-refractivity contribution in [3.63, 3.8) is 0 Å². The van der Waals surface area contributed by atoms with E-state index in [4.69, 9.17) is 0 Å². The van der Waals surface area contributed by atoms with Crippen LogP contribution in [0.1, 0.15) is 22.3 Å². The summed E-state index contributed by atoms with van der Waals surface area (Å²) in [6, 6.07) is 11.4. The maximum atomic E-state index is 13.8. The Morgan fingerprint density at radius 1 is 1.04 bits per heavy atom. The molecule has 4 nitrogen and oxygen atoms in total. The zero-order chi connectivity index (χ0) is 19.7. The molecule has 0 unspecified atom stereocenters. The first-order chi connectivity index (χ1) is 13.5. The third-order valence-corrected chi connectivity index (χ3v) is 4.69. The maximum Gasteiger partial charge on any atom is 0.257 e. The molecule has 3 aromatic rings. The summed E-state index contributed by atoms with van der Waals surface area (Å²) >= 11 is 0. The van der Waals surface area contributed by atoms with Crippen molar-refractivity contribution in [1.82, 2.24) is 4.98 Å². The number of carbonyl (C=O) groups is 1. The van der Waals surface area contributed by atoms with Gasteiger partial charge in [-0.2, -0.15) is 0 Å². The van der Waals surface area contributed by atoms with Crippen LogP contribution in [0, 0.1) is 17.5 Å². The highest BCUT2D eigenvalue weighted by molar-refractivity contribution is 6.04. The summed E-state index contributed by atoms with van der Waals surface area (Å²) in [5.74, 6) is -5.05. The van der Waals surface area contributed by atoms with Gasteiger partial charge in [-0.1, -0.05) is 18.2 Å². The Morgan fingerprint density at radius 2 is 1.86 bits per heavy atom. The summed E-state index contributed by atoms with van der Waals surface area (Å²) in [5.41, 5.74) is 2.75. The van der Waals surface area contributed by atoms with E-state index in [0.29, 0.717) is 0 Å². The number of halogens is 3. The lowest BCUT2D eigenvalue weighted by Gasteiger charge is -2.31. The number of aromatic nitrogens is 1. The Balaban J connectivity index is 1.61. The second-order valence-corrected chi connectivity index (χ2v) is 6.49. The number of benzene rings is 2. The van der Waals surface area contributed by atoms with E-state index in [1.807, 2.05) is 18.2 Å². The van der Waals surface area contributed by atoms with Crippen molar-refractivity contribution in [3.8, 4) is 0 Å². The van der Waals surface area contributed by atoms with Gasteiger partial charge in [0.15, 0.2) is 17.5 Å². The van der Waals surface area contributed by atoms with Gasteiger partial charge in [0, 0.05) is 18.4 Å². The molecule has 0 aliphatic carbocycles. The van der Waals surface area contributed by atoms with E-state index >= 15 is 0 Å². The predicted molar refractivity (Wildman–Crippen MR) is 100 cm³/mol. The van der Waals surface area contributed by atoms with Crippen LogP contribution < -0.4 is 10.2 Å². The van der Waals surface area contributed by atoms with Gasteiger partial charge in [0.2, 0.25) is 0 Å². The molecule has 4 rings (SSSR count). The molecule has 0 fully saturated rings. The van der Waals surface area contributed by atoms with Crippen LogP contribution in [-0.2, 0) is 6.42 Å². The smallest absolute Gasteiger partial charge is 0.257 e. The SMILES string of the molecule is O=C(Nc1ccc(F)c(F)c1F)c1cncc(N2CCCc3ccccc32)c1.